The van der Waals surface area contributed by atoms with Crippen molar-refractivity contribution in [2.45, 2.75) is 142 Å². The Kier molecular flexibility index (Phi) is 18.1. The van der Waals surface area contributed by atoms with Crippen LogP contribution in [-0.4, -0.2) is 33.6 Å². The van der Waals surface area contributed by atoms with Crippen LogP contribution in [0, 0.1) is 0 Å². The number of hydrogen-bond donors (Lipinski definition) is 2. The van der Waals surface area contributed by atoms with Gasteiger partial charge in [0, 0.05) is 11.1 Å². The molecule has 53 heavy (non-hydrogen) atoms. The van der Waals surface area contributed by atoms with Gasteiger partial charge < -0.3 is 9.47 Å². The summed E-state index contributed by atoms with van der Waals surface area (Å²) in [5, 5.41) is 15.7. The Bertz CT molecular complexity index is 1550. The average Bonchev–Trinajstić information content (AvgIpc) is 3.99. The standard InChI is InChI=1S/C46H64N4O2S/c1-3-5-7-9-11-13-15-17-19-21-33-51-39-27-23-37(24-28-39)41-35-43(49-47-41)45-31-32-46(53-45)44-36-42(48-50-44)38-25-29-40(30-26-38)52-34-22-20-18-16-14-12-10-8-6-4-2/h23-32,35-36H,3-22,33-34H2,1-2H3,(H,47,49)(H,48,50). The highest BCUT2D eigenvalue weighted by atomic mass is 32.1. The molecule has 0 spiro atoms. The smallest absolute Gasteiger partial charge is 0.119 e. The van der Waals surface area contributed by atoms with Crippen molar-refractivity contribution in [1.29, 1.82) is 0 Å². The molecule has 0 unspecified atom stereocenters. The number of nitrogens with zero attached hydrogens (tertiary/aromatic N) is 2. The van der Waals surface area contributed by atoms with Crippen molar-refractivity contribution >= 4 is 11.3 Å². The number of ether oxygens (including phenoxy) is 2. The Morgan fingerprint density at radius 1 is 0.434 bits per heavy atom. The Hall–Kier alpha value is -3.84. The maximum absolute atomic E-state index is 6.02. The van der Waals surface area contributed by atoms with Crippen LogP contribution in [0.15, 0.2) is 72.8 Å². The van der Waals surface area contributed by atoms with Gasteiger partial charge in [-0.1, -0.05) is 129 Å². The van der Waals surface area contributed by atoms with Crippen LogP contribution in [0.5, 0.6) is 11.5 Å². The first kappa shape index (κ1) is 40.3. The highest BCUT2D eigenvalue weighted by Gasteiger charge is 2.12. The van der Waals surface area contributed by atoms with E-state index in [0.717, 1.165) is 81.2 Å². The molecule has 2 N–H and O–H groups in total. The average molecular weight is 737 g/mol. The fraction of sp³-hybridized carbons (Fsp3) is 0.522. The minimum absolute atomic E-state index is 0.779. The van der Waals surface area contributed by atoms with Gasteiger partial charge in [-0.05, 0) is 85.6 Å². The van der Waals surface area contributed by atoms with E-state index in [2.05, 4.69) is 107 Å². The first-order chi connectivity index (χ1) is 26.2. The van der Waals surface area contributed by atoms with Crippen molar-refractivity contribution < 1.29 is 9.47 Å². The SMILES string of the molecule is CCCCCCCCCCCCOc1ccc(-c2cc(-c3ccc(-c4cc(-c5ccc(OCCCCCCCCCCCC)cc5)n[nH]4)s3)[nH]n2)cc1. The number of aromatic amines is 2. The number of rotatable bonds is 28. The molecule has 0 fully saturated rings. The molecule has 0 saturated carbocycles. The number of thiophene rings is 1. The summed E-state index contributed by atoms with van der Waals surface area (Å²) in [6.45, 7) is 6.12. The second-order valence-corrected chi connectivity index (χ2v) is 15.7. The van der Waals surface area contributed by atoms with Crippen molar-refractivity contribution in [3.05, 3.63) is 72.8 Å². The van der Waals surface area contributed by atoms with Gasteiger partial charge in [0.1, 0.15) is 11.5 Å². The third kappa shape index (κ3) is 14.1. The van der Waals surface area contributed by atoms with Gasteiger partial charge in [0.25, 0.3) is 0 Å². The molecule has 3 aromatic heterocycles. The molecular weight excluding hydrogens is 673 g/mol. The van der Waals surface area contributed by atoms with Crippen LogP contribution in [0.1, 0.15) is 142 Å². The van der Waals surface area contributed by atoms with Gasteiger partial charge in [0.05, 0.1) is 45.7 Å². The van der Waals surface area contributed by atoms with E-state index in [-0.39, 0.29) is 0 Å². The largest absolute Gasteiger partial charge is 0.494 e. The Morgan fingerprint density at radius 3 is 1.13 bits per heavy atom. The molecule has 5 rings (SSSR count). The maximum atomic E-state index is 6.02. The molecular formula is C46H64N4O2S. The summed E-state index contributed by atoms with van der Waals surface area (Å²) >= 11 is 1.72. The van der Waals surface area contributed by atoms with Gasteiger partial charge in [0.2, 0.25) is 0 Å². The van der Waals surface area contributed by atoms with E-state index >= 15 is 0 Å². The molecule has 0 aliphatic carbocycles. The van der Waals surface area contributed by atoms with Gasteiger partial charge in [-0.2, -0.15) is 10.2 Å². The van der Waals surface area contributed by atoms with E-state index in [1.807, 2.05) is 0 Å². The van der Waals surface area contributed by atoms with E-state index in [1.54, 1.807) is 11.3 Å². The van der Waals surface area contributed by atoms with Crippen LogP contribution in [0.3, 0.4) is 0 Å². The minimum Gasteiger partial charge on any atom is -0.494 e. The number of H-pyrrole nitrogens is 2. The second-order valence-electron chi connectivity index (χ2n) is 14.6. The highest BCUT2D eigenvalue weighted by molar-refractivity contribution is 7.18. The van der Waals surface area contributed by atoms with Gasteiger partial charge in [-0.15, -0.1) is 11.3 Å². The van der Waals surface area contributed by atoms with Crippen molar-refractivity contribution in [2.75, 3.05) is 13.2 Å². The predicted molar refractivity (Wildman–Crippen MR) is 225 cm³/mol. The van der Waals surface area contributed by atoms with Crippen LogP contribution in [0.25, 0.3) is 43.7 Å². The fourth-order valence-electron chi connectivity index (χ4n) is 6.82. The van der Waals surface area contributed by atoms with Crippen molar-refractivity contribution in [1.82, 2.24) is 20.4 Å². The summed E-state index contributed by atoms with van der Waals surface area (Å²) in [6, 6.07) is 25.1. The lowest BCUT2D eigenvalue weighted by molar-refractivity contribution is 0.304. The van der Waals surface area contributed by atoms with Crippen molar-refractivity contribution in [3.63, 3.8) is 0 Å². The molecule has 3 heterocycles. The number of unbranched alkanes of at least 4 members (excludes halogenated alkanes) is 18. The summed E-state index contributed by atoms with van der Waals surface area (Å²) in [6.07, 6.45) is 26.7. The zero-order valence-corrected chi connectivity index (χ0v) is 33.4. The molecule has 0 bridgehead atoms. The highest BCUT2D eigenvalue weighted by Crippen LogP contribution is 2.36. The maximum Gasteiger partial charge on any atom is 0.119 e. The van der Waals surface area contributed by atoms with Crippen molar-refractivity contribution in [3.8, 4) is 55.2 Å². The lowest BCUT2D eigenvalue weighted by Gasteiger charge is -2.07. The molecule has 286 valence electrons. The number of aromatic nitrogens is 4. The molecule has 0 aliphatic heterocycles. The summed E-state index contributed by atoms with van der Waals surface area (Å²) in [4.78, 5) is 2.27. The van der Waals surface area contributed by atoms with Crippen LogP contribution in [0.4, 0.5) is 0 Å². The molecule has 0 saturated heterocycles. The molecule has 5 aromatic rings. The third-order valence-corrected chi connectivity index (χ3v) is 11.3. The van der Waals surface area contributed by atoms with Gasteiger partial charge in [-0.3, -0.25) is 10.2 Å². The van der Waals surface area contributed by atoms with Gasteiger partial charge in [-0.25, -0.2) is 0 Å². The van der Waals surface area contributed by atoms with E-state index in [9.17, 15) is 0 Å². The fourth-order valence-corrected chi connectivity index (χ4v) is 7.76. The molecule has 0 radical (unpaired) electrons. The summed E-state index contributed by atoms with van der Waals surface area (Å²) in [5.74, 6) is 1.84. The molecule has 0 atom stereocenters. The minimum atomic E-state index is 0.779. The molecule has 0 amide bonds. The summed E-state index contributed by atoms with van der Waals surface area (Å²) in [5.41, 5.74) is 6.01. The van der Waals surface area contributed by atoms with Crippen LogP contribution >= 0.6 is 11.3 Å². The van der Waals surface area contributed by atoms with Crippen molar-refractivity contribution in [2.24, 2.45) is 0 Å². The topological polar surface area (TPSA) is 75.8 Å². The van der Waals surface area contributed by atoms with E-state index in [1.165, 1.54) is 116 Å². The first-order valence-electron chi connectivity index (χ1n) is 20.9. The van der Waals surface area contributed by atoms with Gasteiger partial charge in [0.15, 0.2) is 0 Å². The number of benzene rings is 2. The lowest BCUT2D eigenvalue weighted by atomic mass is 10.1. The zero-order chi connectivity index (χ0) is 36.8. The third-order valence-electron chi connectivity index (χ3n) is 10.1. The Balaban J connectivity index is 1.00. The van der Waals surface area contributed by atoms with Crippen LogP contribution < -0.4 is 9.47 Å². The molecule has 6 nitrogen and oxygen atoms in total. The zero-order valence-electron chi connectivity index (χ0n) is 32.6. The number of hydrogen-bond acceptors (Lipinski definition) is 5. The summed E-state index contributed by atoms with van der Waals surface area (Å²) in [7, 11) is 0. The van der Waals surface area contributed by atoms with E-state index in [0.29, 0.717) is 0 Å². The Morgan fingerprint density at radius 2 is 0.774 bits per heavy atom. The number of nitrogens with one attached hydrogen (secondary N) is 2. The molecule has 0 aliphatic rings. The predicted octanol–water partition coefficient (Wildman–Crippen LogP) is 14.5. The lowest BCUT2D eigenvalue weighted by Crippen LogP contribution is -1.97. The molecule has 7 heteroatoms. The normalized spacial score (nSPS) is 11.4. The van der Waals surface area contributed by atoms with Crippen LogP contribution in [0.2, 0.25) is 0 Å². The molecule has 2 aromatic carbocycles. The first-order valence-corrected chi connectivity index (χ1v) is 21.7. The Labute approximate surface area is 323 Å². The monoisotopic (exact) mass is 736 g/mol. The van der Waals surface area contributed by atoms with Crippen LogP contribution in [-0.2, 0) is 0 Å². The second kappa shape index (κ2) is 23.7. The quantitative estimate of drug-likeness (QED) is 0.0501. The van der Waals surface area contributed by atoms with Gasteiger partial charge >= 0.3 is 0 Å². The van der Waals surface area contributed by atoms with E-state index < -0.39 is 0 Å². The van der Waals surface area contributed by atoms with E-state index in [4.69, 9.17) is 9.47 Å². The summed E-state index contributed by atoms with van der Waals surface area (Å²) < 4.78 is 12.0.